The molecule has 0 atom stereocenters. The number of aliphatic hydroxyl groups is 1. The molecule has 0 aliphatic rings. The van der Waals surface area contributed by atoms with Gasteiger partial charge in [0.15, 0.2) is 5.82 Å². The number of aromatic amines is 1. The van der Waals surface area contributed by atoms with E-state index in [1.807, 2.05) is 36.4 Å². The number of aromatic nitrogens is 3. The Balaban J connectivity index is 2.12. The molecule has 2 heterocycles. The zero-order valence-electron chi connectivity index (χ0n) is 10.9. The van der Waals surface area contributed by atoms with Gasteiger partial charge in [-0.15, -0.1) is 0 Å². The topological polar surface area (TPSA) is 61.8 Å². The highest BCUT2D eigenvalue weighted by atomic mass is 16.3. The number of H-pyrrole nitrogens is 1. The lowest BCUT2D eigenvalue weighted by atomic mass is 9.98. The van der Waals surface area contributed by atoms with Gasteiger partial charge < -0.3 is 10.1 Å². The number of hydrogen-bond acceptors (Lipinski definition) is 3. The first-order valence-electron chi connectivity index (χ1n) is 6.18. The van der Waals surface area contributed by atoms with Gasteiger partial charge in [-0.3, -0.25) is 4.98 Å². The minimum Gasteiger partial charge on any atom is -0.386 e. The molecule has 0 fully saturated rings. The molecule has 3 rings (SSSR count). The molecule has 2 aromatic heterocycles. The fourth-order valence-electron chi connectivity index (χ4n) is 2.01. The average molecular weight is 253 g/mol. The molecule has 0 bridgehead atoms. The van der Waals surface area contributed by atoms with Crippen molar-refractivity contribution in [3.05, 3.63) is 48.2 Å². The lowest BCUT2D eigenvalue weighted by Crippen LogP contribution is -2.14. The van der Waals surface area contributed by atoms with Gasteiger partial charge in [0.05, 0.1) is 16.6 Å². The summed E-state index contributed by atoms with van der Waals surface area (Å²) in [6.07, 6.45) is 1.74. The van der Waals surface area contributed by atoms with Crippen LogP contribution in [0.5, 0.6) is 0 Å². The van der Waals surface area contributed by atoms with E-state index >= 15 is 0 Å². The van der Waals surface area contributed by atoms with Crippen LogP contribution in [0.15, 0.2) is 42.6 Å². The number of fused-ring (bicyclic) bond motifs is 1. The van der Waals surface area contributed by atoms with Gasteiger partial charge in [0, 0.05) is 6.20 Å². The number of imidazole rings is 1. The van der Waals surface area contributed by atoms with E-state index in [0.29, 0.717) is 0 Å². The molecule has 96 valence electrons. The van der Waals surface area contributed by atoms with Crippen LogP contribution < -0.4 is 0 Å². The van der Waals surface area contributed by atoms with Crippen molar-refractivity contribution in [3.63, 3.8) is 0 Å². The van der Waals surface area contributed by atoms with Crippen molar-refractivity contribution in [2.24, 2.45) is 0 Å². The van der Waals surface area contributed by atoms with Gasteiger partial charge in [-0.2, -0.15) is 0 Å². The molecule has 1 aromatic carbocycles. The molecule has 4 nitrogen and oxygen atoms in total. The first-order valence-corrected chi connectivity index (χ1v) is 6.18. The molecule has 0 saturated carbocycles. The molecule has 2 N–H and O–H groups in total. The third kappa shape index (κ3) is 2.22. The minimum atomic E-state index is -0.857. The van der Waals surface area contributed by atoms with E-state index in [9.17, 15) is 5.11 Å². The summed E-state index contributed by atoms with van der Waals surface area (Å²) in [5, 5.41) is 10.0. The van der Waals surface area contributed by atoms with Crippen LogP contribution in [-0.4, -0.2) is 20.1 Å². The van der Waals surface area contributed by atoms with Crippen LogP contribution in [0.25, 0.3) is 22.6 Å². The van der Waals surface area contributed by atoms with E-state index in [0.717, 1.165) is 28.1 Å². The summed E-state index contributed by atoms with van der Waals surface area (Å²) >= 11 is 0. The Kier molecular flexibility index (Phi) is 2.61. The van der Waals surface area contributed by atoms with E-state index in [4.69, 9.17) is 0 Å². The Hall–Kier alpha value is -2.20. The second-order valence-corrected chi connectivity index (χ2v) is 5.09. The summed E-state index contributed by atoms with van der Waals surface area (Å²) in [4.78, 5) is 12.0. The lowest BCUT2D eigenvalue weighted by molar-refractivity contribution is 0.0787. The Bertz CT molecular complexity index is 711. The van der Waals surface area contributed by atoms with E-state index in [1.54, 1.807) is 20.0 Å². The van der Waals surface area contributed by atoms with Gasteiger partial charge in [-0.05, 0) is 43.7 Å². The maximum Gasteiger partial charge on any atom is 0.157 e. The predicted molar refractivity (Wildman–Crippen MR) is 74.6 cm³/mol. The van der Waals surface area contributed by atoms with Crippen LogP contribution in [0.1, 0.15) is 19.4 Å². The zero-order valence-corrected chi connectivity index (χ0v) is 10.9. The number of benzene rings is 1. The van der Waals surface area contributed by atoms with E-state index < -0.39 is 5.60 Å². The van der Waals surface area contributed by atoms with Gasteiger partial charge in [-0.1, -0.05) is 12.1 Å². The number of pyridine rings is 1. The largest absolute Gasteiger partial charge is 0.386 e. The number of nitrogens with zero attached hydrogens (tertiary/aromatic N) is 2. The molecule has 19 heavy (non-hydrogen) atoms. The zero-order chi connectivity index (χ0) is 13.5. The maximum atomic E-state index is 10.0. The minimum absolute atomic E-state index is 0.739. The van der Waals surface area contributed by atoms with Crippen molar-refractivity contribution in [1.82, 2.24) is 15.0 Å². The number of nitrogens with one attached hydrogen (secondary N) is 1. The van der Waals surface area contributed by atoms with Gasteiger partial charge in [-0.25, -0.2) is 4.98 Å². The Morgan fingerprint density at radius 3 is 2.68 bits per heavy atom. The lowest BCUT2D eigenvalue weighted by Gasteiger charge is -2.17. The molecule has 3 aromatic rings. The van der Waals surface area contributed by atoms with Crippen LogP contribution in [-0.2, 0) is 5.60 Å². The molecule has 0 amide bonds. The van der Waals surface area contributed by atoms with E-state index in [1.165, 1.54) is 0 Å². The average Bonchev–Trinajstić information content (AvgIpc) is 2.81. The van der Waals surface area contributed by atoms with Crippen molar-refractivity contribution in [1.29, 1.82) is 0 Å². The molecular formula is C15H15N3O. The summed E-state index contributed by atoms with van der Waals surface area (Å²) in [7, 11) is 0. The van der Waals surface area contributed by atoms with Gasteiger partial charge in [0.25, 0.3) is 0 Å². The highest BCUT2D eigenvalue weighted by molar-refractivity contribution is 5.79. The maximum absolute atomic E-state index is 10.0. The van der Waals surface area contributed by atoms with E-state index in [2.05, 4.69) is 15.0 Å². The van der Waals surface area contributed by atoms with E-state index in [-0.39, 0.29) is 0 Å². The summed E-state index contributed by atoms with van der Waals surface area (Å²) in [6.45, 7) is 3.54. The smallest absolute Gasteiger partial charge is 0.157 e. The fraction of sp³-hybridized carbons (Fsp3) is 0.200. The standard InChI is InChI=1S/C15H15N3O/c1-15(2,19)10-6-7-11-13(9-10)18-14(17-11)12-5-3-4-8-16-12/h3-9,19H,1-2H3,(H,17,18). The first kappa shape index (κ1) is 11.9. The molecule has 0 radical (unpaired) electrons. The second kappa shape index (κ2) is 4.17. The fourth-order valence-corrected chi connectivity index (χ4v) is 2.01. The Morgan fingerprint density at radius 1 is 1.16 bits per heavy atom. The normalized spacial score (nSPS) is 11.9. The number of rotatable bonds is 2. The Labute approximate surface area is 111 Å². The monoisotopic (exact) mass is 253 g/mol. The third-order valence-corrected chi connectivity index (χ3v) is 3.10. The first-order chi connectivity index (χ1) is 9.04. The van der Waals surface area contributed by atoms with Crippen LogP contribution in [0.4, 0.5) is 0 Å². The van der Waals surface area contributed by atoms with Crippen LogP contribution >= 0.6 is 0 Å². The quantitative estimate of drug-likeness (QED) is 0.738. The van der Waals surface area contributed by atoms with Gasteiger partial charge in [0.1, 0.15) is 5.69 Å². The van der Waals surface area contributed by atoms with Crippen molar-refractivity contribution in [2.75, 3.05) is 0 Å². The van der Waals surface area contributed by atoms with Crippen LogP contribution in [0.2, 0.25) is 0 Å². The SMILES string of the molecule is CC(C)(O)c1ccc2nc(-c3ccccn3)[nH]c2c1. The highest BCUT2D eigenvalue weighted by Gasteiger charge is 2.17. The molecule has 4 heteroatoms. The predicted octanol–water partition coefficient (Wildman–Crippen LogP) is 2.85. The summed E-state index contributed by atoms with van der Waals surface area (Å²) in [6, 6.07) is 11.4. The van der Waals surface area contributed by atoms with Crippen molar-refractivity contribution in [2.45, 2.75) is 19.4 Å². The molecule has 0 aliphatic carbocycles. The van der Waals surface area contributed by atoms with Crippen molar-refractivity contribution < 1.29 is 5.11 Å². The molecular weight excluding hydrogens is 238 g/mol. The van der Waals surface area contributed by atoms with Crippen molar-refractivity contribution >= 4 is 11.0 Å². The second-order valence-electron chi connectivity index (χ2n) is 5.09. The van der Waals surface area contributed by atoms with Crippen LogP contribution in [0.3, 0.4) is 0 Å². The van der Waals surface area contributed by atoms with Gasteiger partial charge >= 0.3 is 0 Å². The molecule has 0 unspecified atom stereocenters. The number of hydrogen-bond donors (Lipinski definition) is 2. The summed E-state index contributed by atoms with van der Waals surface area (Å²) in [5.41, 5.74) is 2.58. The molecule has 0 spiro atoms. The molecule has 0 saturated heterocycles. The third-order valence-electron chi connectivity index (χ3n) is 3.10. The Morgan fingerprint density at radius 2 is 2.00 bits per heavy atom. The highest BCUT2D eigenvalue weighted by Crippen LogP contribution is 2.25. The summed E-state index contributed by atoms with van der Waals surface area (Å²) in [5.74, 6) is 0.739. The molecule has 0 aliphatic heterocycles. The van der Waals surface area contributed by atoms with Gasteiger partial charge in [0.2, 0.25) is 0 Å². The summed E-state index contributed by atoms with van der Waals surface area (Å²) < 4.78 is 0. The van der Waals surface area contributed by atoms with Crippen LogP contribution in [0, 0.1) is 0 Å². The van der Waals surface area contributed by atoms with Crippen molar-refractivity contribution in [3.8, 4) is 11.5 Å².